The molecule has 2 atom stereocenters. The number of carbonyl (C=O) groups excluding carboxylic acids is 1. The molecule has 0 radical (unpaired) electrons. The Bertz CT molecular complexity index is 1290. The van der Waals surface area contributed by atoms with Gasteiger partial charge < -0.3 is 4.98 Å². The maximum atomic E-state index is 13.5. The third-order valence-corrected chi connectivity index (χ3v) is 7.35. The van der Waals surface area contributed by atoms with Crippen molar-refractivity contribution in [1.82, 2.24) is 10.0 Å². The van der Waals surface area contributed by atoms with Gasteiger partial charge in [0, 0.05) is 29.4 Å². The number of rotatable bonds is 5. The van der Waals surface area contributed by atoms with E-state index in [4.69, 9.17) is 4.84 Å². The second-order valence-electron chi connectivity index (χ2n) is 7.52. The minimum Gasteiger partial charge on any atom is -0.345 e. The van der Waals surface area contributed by atoms with Gasteiger partial charge in [0.1, 0.15) is 5.03 Å². The molecule has 0 spiro atoms. The van der Waals surface area contributed by atoms with Crippen molar-refractivity contribution in [3.05, 3.63) is 59.2 Å². The van der Waals surface area contributed by atoms with Crippen LogP contribution in [0.4, 0.5) is 0 Å². The number of nitriles is 1. The van der Waals surface area contributed by atoms with Crippen molar-refractivity contribution in [1.29, 1.82) is 5.26 Å². The maximum Gasteiger partial charge on any atom is 0.249 e. The zero-order valence-corrected chi connectivity index (χ0v) is 17.7. The summed E-state index contributed by atoms with van der Waals surface area (Å²) in [6, 6.07) is 13.8. The predicted molar refractivity (Wildman–Crippen MR) is 110 cm³/mol. The minimum absolute atomic E-state index is 0.0804. The number of sulfone groups is 1. The maximum absolute atomic E-state index is 13.5. The van der Waals surface area contributed by atoms with Crippen LogP contribution in [0.15, 0.2) is 52.4 Å². The number of fused-ring (bicyclic) bond motifs is 1. The largest absolute Gasteiger partial charge is 0.345 e. The molecule has 1 N–H and O–H groups in total. The second-order valence-corrected chi connectivity index (χ2v) is 9.41. The average molecular weight is 423 g/mol. The van der Waals surface area contributed by atoms with Crippen molar-refractivity contribution in [2.24, 2.45) is 5.92 Å². The van der Waals surface area contributed by atoms with Crippen molar-refractivity contribution < 1.29 is 18.0 Å². The number of aromatic nitrogens is 1. The van der Waals surface area contributed by atoms with E-state index < -0.39 is 9.84 Å². The number of nitrogens with one attached hydrogen (secondary N) is 1. The lowest BCUT2D eigenvalue weighted by Crippen LogP contribution is -2.27. The van der Waals surface area contributed by atoms with E-state index in [0.717, 1.165) is 10.6 Å². The number of H-pyrrole nitrogens is 1. The lowest BCUT2D eigenvalue weighted by atomic mass is 10.1. The van der Waals surface area contributed by atoms with Gasteiger partial charge in [-0.25, -0.2) is 13.5 Å². The summed E-state index contributed by atoms with van der Waals surface area (Å²) in [6.45, 7) is 1.89. The highest BCUT2D eigenvalue weighted by atomic mass is 32.2. The van der Waals surface area contributed by atoms with Crippen molar-refractivity contribution in [3.63, 3.8) is 0 Å². The van der Waals surface area contributed by atoms with Crippen LogP contribution >= 0.6 is 0 Å². The van der Waals surface area contributed by atoms with Crippen LogP contribution in [0.1, 0.15) is 29.0 Å². The molecule has 1 aliphatic rings. The summed E-state index contributed by atoms with van der Waals surface area (Å²) in [4.78, 5) is 20.8. The van der Waals surface area contributed by atoms with Crippen LogP contribution in [0, 0.1) is 24.2 Å². The average Bonchev–Trinajstić information content (AvgIpc) is 3.44. The van der Waals surface area contributed by atoms with Gasteiger partial charge in [0.2, 0.25) is 15.7 Å². The molecule has 2 aromatic carbocycles. The quantitative estimate of drug-likeness (QED) is 0.634. The first-order valence-electron chi connectivity index (χ1n) is 9.47. The van der Waals surface area contributed by atoms with Gasteiger partial charge in [0.05, 0.1) is 23.6 Å². The van der Waals surface area contributed by atoms with Crippen LogP contribution in [0.25, 0.3) is 10.9 Å². The fourth-order valence-corrected chi connectivity index (χ4v) is 5.31. The Hall–Kier alpha value is -3.15. The molecule has 1 saturated carbocycles. The Labute approximate surface area is 174 Å². The highest BCUT2D eigenvalue weighted by Gasteiger charge is 2.49. The topological polar surface area (TPSA) is 103 Å². The van der Waals surface area contributed by atoms with Gasteiger partial charge in [0.15, 0.2) is 0 Å². The number of nitrogens with zero attached hydrogens (tertiary/aromatic N) is 2. The molecule has 0 aliphatic heterocycles. The number of hydrogen-bond donors (Lipinski definition) is 1. The van der Waals surface area contributed by atoms with Crippen LogP contribution in [0.5, 0.6) is 0 Å². The van der Waals surface area contributed by atoms with Crippen molar-refractivity contribution in [2.45, 2.75) is 29.2 Å². The smallest absolute Gasteiger partial charge is 0.249 e. The van der Waals surface area contributed by atoms with Crippen molar-refractivity contribution in [3.8, 4) is 6.07 Å². The number of aryl methyl sites for hydroxylation is 1. The normalized spacial score (nSPS) is 18.2. The first kappa shape index (κ1) is 20.1. The standard InChI is InChI=1S/C22H21N3O4S/c1-13-4-7-15(8-5-13)30(27,28)21-20(16-11-17(16)22(26)25(2)29-3)18-10-14(12-23)6-9-19(18)24-21/h4-10,16-17,24H,11H2,1-3H3/t16-,17-/m1/s1. The molecule has 1 heterocycles. The van der Waals surface area contributed by atoms with E-state index >= 15 is 0 Å². The SMILES string of the molecule is CON(C)C(=O)[C@@H]1C[C@H]1c1c(S(=O)(=O)c2ccc(C)cc2)[nH]c2ccc(C#N)cc12. The van der Waals surface area contributed by atoms with Gasteiger partial charge in [-0.2, -0.15) is 5.26 Å². The lowest BCUT2D eigenvalue weighted by molar-refractivity contribution is -0.170. The van der Waals surface area contributed by atoms with E-state index in [1.165, 1.54) is 14.2 Å². The van der Waals surface area contributed by atoms with E-state index in [2.05, 4.69) is 11.1 Å². The van der Waals surface area contributed by atoms with Gasteiger partial charge in [-0.1, -0.05) is 17.7 Å². The molecule has 4 rings (SSSR count). The molecule has 1 aliphatic carbocycles. The van der Waals surface area contributed by atoms with Crippen LogP contribution < -0.4 is 0 Å². The Kier molecular flexibility index (Phi) is 4.88. The molecule has 0 unspecified atom stereocenters. The number of carbonyl (C=O) groups is 1. The summed E-state index contributed by atoms with van der Waals surface area (Å²) in [5.41, 5.74) is 2.57. The zero-order chi connectivity index (χ0) is 21.6. The van der Waals surface area contributed by atoms with Crippen molar-refractivity contribution in [2.75, 3.05) is 14.2 Å². The van der Waals surface area contributed by atoms with E-state index in [9.17, 15) is 18.5 Å². The highest BCUT2D eigenvalue weighted by Crippen LogP contribution is 2.53. The summed E-state index contributed by atoms with van der Waals surface area (Å²) >= 11 is 0. The number of amides is 1. The second kappa shape index (κ2) is 7.27. The highest BCUT2D eigenvalue weighted by molar-refractivity contribution is 7.91. The summed E-state index contributed by atoms with van der Waals surface area (Å²) in [6.07, 6.45) is 0.521. The van der Waals surface area contributed by atoms with E-state index in [1.54, 1.807) is 42.5 Å². The van der Waals surface area contributed by atoms with Gasteiger partial charge in [-0.3, -0.25) is 9.63 Å². The molecule has 1 fully saturated rings. The molecule has 30 heavy (non-hydrogen) atoms. The molecular weight excluding hydrogens is 402 g/mol. The van der Waals surface area contributed by atoms with E-state index in [-0.39, 0.29) is 27.7 Å². The number of benzene rings is 2. The van der Waals surface area contributed by atoms with Gasteiger partial charge in [0.25, 0.3) is 0 Å². The van der Waals surface area contributed by atoms with Gasteiger partial charge >= 0.3 is 0 Å². The summed E-state index contributed by atoms with van der Waals surface area (Å²) < 4.78 is 26.9. The first-order valence-corrected chi connectivity index (χ1v) is 11.0. The molecule has 1 amide bonds. The minimum atomic E-state index is -3.84. The number of hydrogen-bond acceptors (Lipinski definition) is 5. The third-order valence-electron chi connectivity index (χ3n) is 5.59. The molecule has 8 heteroatoms. The fraction of sp³-hybridized carbons (Fsp3) is 0.273. The molecule has 1 aromatic heterocycles. The molecular formula is C22H21N3O4S. The van der Waals surface area contributed by atoms with E-state index in [0.29, 0.717) is 28.5 Å². The summed E-state index contributed by atoms with van der Waals surface area (Å²) in [5.74, 6) is -0.841. The Balaban J connectivity index is 1.88. The first-order chi connectivity index (χ1) is 14.3. The predicted octanol–water partition coefficient (Wildman–Crippen LogP) is 3.30. The Morgan fingerprint density at radius 1 is 1.23 bits per heavy atom. The number of hydroxylamine groups is 2. The molecule has 7 nitrogen and oxygen atoms in total. The van der Waals surface area contributed by atoms with Gasteiger partial charge in [-0.05, 0) is 49.6 Å². The lowest BCUT2D eigenvalue weighted by Gasteiger charge is -2.13. The monoisotopic (exact) mass is 423 g/mol. The van der Waals surface area contributed by atoms with Crippen LogP contribution in [0.2, 0.25) is 0 Å². The van der Waals surface area contributed by atoms with Gasteiger partial charge in [-0.15, -0.1) is 0 Å². The van der Waals surface area contributed by atoms with Crippen LogP contribution in [-0.2, 0) is 19.5 Å². The molecule has 0 bridgehead atoms. The Morgan fingerprint density at radius 3 is 2.57 bits per heavy atom. The molecule has 0 saturated heterocycles. The van der Waals surface area contributed by atoms with Crippen molar-refractivity contribution >= 4 is 26.6 Å². The third kappa shape index (κ3) is 3.26. The molecule has 154 valence electrons. The molecule has 3 aromatic rings. The van der Waals surface area contributed by atoms with E-state index in [1.807, 2.05) is 6.92 Å². The van der Waals surface area contributed by atoms with Crippen LogP contribution in [-0.4, -0.2) is 38.5 Å². The summed E-state index contributed by atoms with van der Waals surface area (Å²) in [5, 5.41) is 11.2. The Morgan fingerprint density at radius 2 is 1.93 bits per heavy atom. The zero-order valence-electron chi connectivity index (χ0n) is 16.8. The number of aromatic amines is 1. The fourth-order valence-electron chi connectivity index (χ4n) is 3.78. The summed E-state index contributed by atoms with van der Waals surface area (Å²) in [7, 11) is -0.900. The van der Waals surface area contributed by atoms with Crippen LogP contribution in [0.3, 0.4) is 0 Å².